The summed E-state index contributed by atoms with van der Waals surface area (Å²) in [6.07, 6.45) is -0.235. The molecule has 0 saturated carbocycles. The van der Waals surface area contributed by atoms with Gasteiger partial charge in [-0.3, -0.25) is 29.3 Å². The Balaban J connectivity index is 0.000000717. The Morgan fingerprint density at radius 1 is 1.17 bits per heavy atom. The highest BCUT2D eigenvalue weighted by Crippen LogP contribution is 2.06. The molecule has 0 aliphatic heterocycles. The van der Waals surface area contributed by atoms with Crippen LogP contribution in [0.5, 0.6) is 0 Å². The molecule has 160 valence electrons. The first kappa shape index (κ1) is 25.8. The van der Waals surface area contributed by atoms with Gasteiger partial charge in [-0.15, -0.1) is 0 Å². The molecule has 0 spiro atoms. The fraction of sp³-hybridized carbons (Fsp3) is 0.375. The SMILES string of the molecule is N[C@@H](CCC(=O)N[C@@H](CS)C(=O)NCC(=O)O)C(=O)O.O=[N+]([O-])c1ccccc1. The maximum absolute atomic E-state index is 11.5. The number of nitro benzene ring substituents is 1. The van der Waals surface area contributed by atoms with E-state index >= 15 is 0 Å². The van der Waals surface area contributed by atoms with Gasteiger partial charge in [-0.25, -0.2) is 0 Å². The average Bonchev–Trinajstić information content (AvgIpc) is 2.69. The van der Waals surface area contributed by atoms with Crippen LogP contribution >= 0.6 is 12.6 Å². The first-order valence-corrected chi connectivity index (χ1v) is 8.79. The number of benzene rings is 1. The fourth-order valence-electron chi connectivity index (χ4n) is 1.71. The Kier molecular flexibility index (Phi) is 12.4. The maximum atomic E-state index is 11.5. The summed E-state index contributed by atoms with van der Waals surface area (Å²) < 4.78 is 0. The second-order valence-corrected chi connectivity index (χ2v) is 5.86. The van der Waals surface area contributed by atoms with Gasteiger partial charge in [-0.05, 0) is 6.42 Å². The Hall–Kier alpha value is -3.19. The molecule has 29 heavy (non-hydrogen) atoms. The van der Waals surface area contributed by atoms with Crippen molar-refractivity contribution in [2.45, 2.75) is 24.9 Å². The normalized spacial score (nSPS) is 11.8. The second kappa shape index (κ2) is 13.9. The van der Waals surface area contributed by atoms with Crippen molar-refractivity contribution in [2.24, 2.45) is 5.73 Å². The van der Waals surface area contributed by atoms with Crippen LogP contribution in [0.25, 0.3) is 0 Å². The van der Waals surface area contributed by atoms with Crippen LogP contribution in [0.3, 0.4) is 0 Å². The summed E-state index contributed by atoms with van der Waals surface area (Å²) in [4.78, 5) is 53.3. The van der Waals surface area contributed by atoms with E-state index in [4.69, 9.17) is 15.9 Å². The summed E-state index contributed by atoms with van der Waals surface area (Å²) in [5, 5.41) is 31.4. The van der Waals surface area contributed by atoms with Crippen LogP contribution in [-0.4, -0.2) is 63.3 Å². The number of hydrogen-bond acceptors (Lipinski definition) is 8. The third kappa shape index (κ3) is 12.0. The van der Waals surface area contributed by atoms with Gasteiger partial charge in [0.05, 0.1) is 4.92 Å². The molecular formula is C16H22N4O8S. The lowest BCUT2D eigenvalue weighted by atomic mass is 10.1. The van der Waals surface area contributed by atoms with Gasteiger partial charge in [0.2, 0.25) is 11.8 Å². The molecule has 0 bridgehead atoms. The maximum Gasteiger partial charge on any atom is 0.322 e. The highest BCUT2D eigenvalue weighted by molar-refractivity contribution is 7.80. The van der Waals surface area contributed by atoms with Crippen molar-refractivity contribution in [1.29, 1.82) is 0 Å². The van der Waals surface area contributed by atoms with Crippen LogP contribution in [0.2, 0.25) is 0 Å². The topological polar surface area (TPSA) is 202 Å². The molecule has 2 amide bonds. The Morgan fingerprint density at radius 2 is 1.76 bits per heavy atom. The zero-order valence-electron chi connectivity index (χ0n) is 15.2. The fourth-order valence-corrected chi connectivity index (χ4v) is 1.96. The predicted molar refractivity (Wildman–Crippen MR) is 104 cm³/mol. The number of nitrogens with one attached hydrogen (secondary N) is 2. The molecule has 0 heterocycles. The summed E-state index contributed by atoms with van der Waals surface area (Å²) in [7, 11) is 0. The van der Waals surface area contributed by atoms with E-state index in [1.54, 1.807) is 18.2 Å². The number of amides is 2. The third-order valence-corrected chi connectivity index (χ3v) is 3.58. The number of nitro groups is 1. The first-order chi connectivity index (χ1) is 13.6. The van der Waals surface area contributed by atoms with Crippen molar-refractivity contribution in [2.75, 3.05) is 12.3 Å². The molecule has 6 N–H and O–H groups in total. The summed E-state index contributed by atoms with van der Waals surface area (Å²) in [6.45, 7) is -0.567. The number of para-hydroxylation sites is 1. The molecule has 0 aromatic heterocycles. The lowest BCUT2D eigenvalue weighted by molar-refractivity contribution is -0.384. The molecule has 1 aromatic carbocycles. The largest absolute Gasteiger partial charge is 0.480 e. The number of thiol groups is 1. The molecule has 0 aliphatic carbocycles. The quantitative estimate of drug-likeness (QED) is 0.159. The van der Waals surface area contributed by atoms with E-state index in [-0.39, 0.29) is 24.3 Å². The zero-order valence-corrected chi connectivity index (χ0v) is 16.1. The van der Waals surface area contributed by atoms with Crippen LogP contribution in [0.15, 0.2) is 30.3 Å². The Morgan fingerprint density at radius 3 is 2.17 bits per heavy atom. The number of non-ortho nitro benzene ring substituents is 1. The number of carbonyl (C=O) groups excluding carboxylic acids is 2. The molecule has 1 rings (SSSR count). The molecule has 12 nitrogen and oxygen atoms in total. The number of nitrogens with zero attached hydrogens (tertiary/aromatic N) is 1. The van der Waals surface area contributed by atoms with E-state index in [1.165, 1.54) is 12.1 Å². The molecule has 0 unspecified atom stereocenters. The van der Waals surface area contributed by atoms with Gasteiger partial charge in [0.25, 0.3) is 5.69 Å². The molecule has 2 atom stereocenters. The van der Waals surface area contributed by atoms with E-state index in [9.17, 15) is 29.3 Å². The van der Waals surface area contributed by atoms with Gasteiger partial charge in [-0.1, -0.05) is 18.2 Å². The molecule has 13 heteroatoms. The van der Waals surface area contributed by atoms with Crippen LogP contribution in [0.4, 0.5) is 5.69 Å². The van der Waals surface area contributed by atoms with Crippen LogP contribution in [0, 0.1) is 10.1 Å². The number of hydrogen-bond donors (Lipinski definition) is 6. The molecule has 1 aromatic rings. The lowest BCUT2D eigenvalue weighted by Gasteiger charge is -2.16. The van der Waals surface area contributed by atoms with Gasteiger partial charge in [0.15, 0.2) is 0 Å². The minimum absolute atomic E-state index is 0.0256. The number of aliphatic carboxylic acids is 2. The second-order valence-electron chi connectivity index (χ2n) is 5.49. The zero-order chi connectivity index (χ0) is 22.4. The molecule has 0 aliphatic rings. The lowest BCUT2D eigenvalue weighted by Crippen LogP contribution is -2.49. The van der Waals surface area contributed by atoms with Crippen molar-refractivity contribution >= 4 is 42.1 Å². The van der Waals surface area contributed by atoms with Crippen LogP contribution in [0.1, 0.15) is 12.8 Å². The molecule has 0 fully saturated rings. The highest BCUT2D eigenvalue weighted by atomic mass is 32.1. The third-order valence-electron chi connectivity index (χ3n) is 3.21. The Bertz CT molecular complexity index is 716. The van der Waals surface area contributed by atoms with Crippen molar-refractivity contribution in [3.63, 3.8) is 0 Å². The highest BCUT2D eigenvalue weighted by Gasteiger charge is 2.20. The average molecular weight is 430 g/mol. The summed E-state index contributed by atoms with van der Waals surface area (Å²) >= 11 is 3.87. The van der Waals surface area contributed by atoms with Gasteiger partial charge >= 0.3 is 11.9 Å². The minimum atomic E-state index is -1.22. The van der Waals surface area contributed by atoms with Gasteiger partial charge in [0, 0.05) is 24.3 Å². The number of nitrogens with two attached hydrogens (primary N) is 1. The molecule has 0 radical (unpaired) electrons. The molecular weight excluding hydrogens is 408 g/mol. The van der Waals surface area contributed by atoms with E-state index < -0.39 is 47.3 Å². The van der Waals surface area contributed by atoms with Crippen LogP contribution in [-0.2, 0) is 19.2 Å². The standard InChI is InChI=1S/C10H17N3O6S.C6H5NO2/c11-5(10(18)19)1-2-7(14)13-6(4-20)9(17)12-3-8(15)16;8-7(9)6-4-2-1-3-5-6/h5-6,20H,1-4,11H2,(H,12,17)(H,13,14)(H,15,16)(H,18,19);1-5H/t5-,6-;/m0./s1. The predicted octanol–water partition coefficient (Wildman–Crippen LogP) is -0.611. The van der Waals surface area contributed by atoms with Gasteiger partial charge in [0.1, 0.15) is 18.6 Å². The van der Waals surface area contributed by atoms with Crippen molar-refractivity contribution < 1.29 is 34.3 Å². The van der Waals surface area contributed by atoms with Gasteiger partial charge < -0.3 is 26.6 Å². The smallest absolute Gasteiger partial charge is 0.322 e. The number of carboxylic acids is 2. The van der Waals surface area contributed by atoms with Crippen molar-refractivity contribution in [1.82, 2.24) is 10.6 Å². The first-order valence-electron chi connectivity index (χ1n) is 8.16. The number of carboxylic acid groups (broad SMARTS) is 2. The van der Waals surface area contributed by atoms with Crippen LogP contribution < -0.4 is 16.4 Å². The summed E-state index contributed by atoms with van der Waals surface area (Å²) in [6, 6.07) is 5.78. The molecule has 0 saturated heterocycles. The van der Waals surface area contributed by atoms with Gasteiger partial charge in [-0.2, -0.15) is 12.6 Å². The monoisotopic (exact) mass is 430 g/mol. The van der Waals surface area contributed by atoms with Crippen molar-refractivity contribution in [3.05, 3.63) is 40.4 Å². The van der Waals surface area contributed by atoms with E-state index in [0.717, 1.165) is 0 Å². The summed E-state index contributed by atoms with van der Waals surface area (Å²) in [5.74, 6) is -3.70. The van der Waals surface area contributed by atoms with E-state index in [1.807, 2.05) is 0 Å². The summed E-state index contributed by atoms with van der Waals surface area (Å²) in [5.41, 5.74) is 5.37. The van der Waals surface area contributed by atoms with E-state index in [2.05, 4.69) is 23.3 Å². The number of rotatable bonds is 10. The number of carbonyl (C=O) groups is 4. The van der Waals surface area contributed by atoms with Crippen molar-refractivity contribution in [3.8, 4) is 0 Å². The Labute approximate surface area is 171 Å². The van der Waals surface area contributed by atoms with E-state index in [0.29, 0.717) is 0 Å². The minimum Gasteiger partial charge on any atom is -0.480 e.